The topological polar surface area (TPSA) is 91.6 Å². The molecule has 0 aromatic heterocycles. The molecule has 2 N–H and O–H groups in total. The third kappa shape index (κ3) is 4.13. The molecule has 9 heteroatoms. The predicted molar refractivity (Wildman–Crippen MR) is 97.0 cm³/mol. The second-order valence-corrected chi connectivity index (χ2v) is 13.7. The minimum absolute atomic E-state index is 0.0950. The number of ether oxygens (including phenoxy) is 1. The molecule has 2 aliphatic heterocycles. The Kier molecular flexibility index (Phi) is 5.71. The fraction of sp³-hybridized carbons (Fsp3) is 0.867. The van der Waals surface area contributed by atoms with Gasteiger partial charge in [-0.3, -0.25) is 9.89 Å². The maximum Gasteiger partial charge on any atom is 0.413 e. The highest BCUT2D eigenvalue weighted by Crippen LogP contribution is 2.39. The summed E-state index contributed by atoms with van der Waals surface area (Å²) in [5.74, 6) is 0. The number of aliphatic hydroxyl groups is 1. The van der Waals surface area contributed by atoms with E-state index in [0.717, 1.165) is 4.90 Å². The van der Waals surface area contributed by atoms with E-state index in [1.807, 2.05) is 0 Å². The fourth-order valence-electron chi connectivity index (χ4n) is 2.26. The summed E-state index contributed by atoms with van der Waals surface area (Å²) in [6.07, 6.45) is -1.66. The average Bonchev–Trinajstić information content (AvgIpc) is 2.85. The third-order valence-electron chi connectivity index (χ3n) is 5.02. The summed E-state index contributed by atoms with van der Waals surface area (Å²) in [5, 5.41) is 19.9. The maximum absolute atomic E-state index is 11.1. The standard InChI is InChI=1S/C15H28N2O5SSi/c1-15(2,3)24(5,6)21-8-11-10(18)7-9-12(22-11)23-13(16-9)17(4)14(19)20/h9-12,18H,7-8H2,1-6H3,(H,19,20)/t9-,10+,11-,12-/m1/s1. The summed E-state index contributed by atoms with van der Waals surface area (Å²) in [5.41, 5.74) is -0.266. The van der Waals surface area contributed by atoms with Gasteiger partial charge in [-0.05, 0) is 18.1 Å². The van der Waals surface area contributed by atoms with Gasteiger partial charge in [0.25, 0.3) is 0 Å². The molecule has 0 spiro atoms. The largest absolute Gasteiger partial charge is 0.465 e. The van der Waals surface area contributed by atoms with Gasteiger partial charge in [-0.15, -0.1) is 0 Å². The van der Waals surface area contributed by atoms with E-state index in [0.29, 0.717) is 18.2 Å². The SMILES string of the molecule is CN(C(=O)O)C1=N[C@@H]2C[C@H](O)[C@@H](CO[Si](C)(C)C(C)(C)C)O[C@@H]2S1. The van der Waals surface area contributed by atoms with E-state index in [4.69, 9.17) is 14.3 Å². The number of amidine groups is 1. The molecular weight excluding hydrogens is 348 g/mol. The first-order valence-corrected chi connectivity index (χ1v) is 11.9. The van der Waals surface area contributed by atoms with Crippen LogP contribution in [0.5, 0.6) is 0 Å². The van der Waals surface area contributed by atoms with Crippen molar-refractivity contribution >= 4 is 31.3 Å². The normalized spacial score (nSPS) is 30.7. The summed E-state index contributed by atoms with van der Waals surface area (Å²) in [6, 6.07) is -0.217. The minimum Gasteiger partial charge on any atom is -0.465 e. The van der Waals surface area contributed by atoms with Gasteiger partial charge in [0.1, 0.15) is 11.5 Å². The van der Waals surface area contributed by atoms with Gasteiger partial charge in [0.15, 0.2) is 13.5 Å². The average molecular weight is 377 g/mol. The van der Waals surface area contributed by atoms with Crippen molar-refractivity contribution < 1.29 is 24.2 Å². The van der Waals surface area contributed by atoms with Crippen molar-refractivity contribution in [3.63, 3.8) is 0 Å². The van der Waals surface area contributed by atoms with E-state index < -0.39 is 26.6 Å². The molecule has 0 radical (unpaired) electrons. The number of nitrogens with zero attached hydrogens (tertiary/aromatic N) is 2. The Morgan fingerprint density at radius 1 is 1.50 bits per heavy atom. The maximum atomic E-state index is 11.1. The smallest absolute Gasteiger partial charge is 0.413 e. The van der Waals surface area contributed by atoms with Crippen molar-refractivity contribution in [3.8, 4) is 0 Å². The molecule has 0 saturated carbocycles. The first-order chi connectivity index (χ1) is 10.9. The molecule has 2 heterocycles. The number of thioether (sulfide) groups is 1. The van der Waals surface area contributed by atoms with Gasteiger partial charge < -0.3 is 19.4 Å². The molecule has 1 fully saturated rings. The van der Waals surface area contributed by atoms with Crippen molar-refractivity contribution in [2.45, 2.75) is 69.0 Å². The number of carboxylic acid groups (broad SMARTS) is 1. The van der Waals surface area contributed by atoms with Crippen LogP contribution in [0.1, 0.15) is 27.2 Å². The predicted octanol–water partition coefficient (Wildman–Crippen LogP) is 2.57. The number of aliphatic hydroxyl groups excluding tert-OH is 1. The molecule has 0 aromatic rings. The first kappa shape index (κ1) is 19.7. The number of hydrogen-bond donors (Lipinski definition) is 2. The summed E-state index contributed by atoms with van der Waals surface area (Å²) in [4.78, 5) is 16.5. The van der Waals surface area contributed by atoms with E-state index in [-0.39, 0.29) is 16.5 Å². The van der Waals surface area contributed by atoms with Crippen LogP contribution in [-0.2, 0) is 9.16 Å². The van der Waals surface area contributed by atoms with E-state index in [9.17, 15) is 9.90 Å². The summed E-state index contributed by atoms with van der Waals surface area (Å²) in [6.45, 7) is 11.2. The van der Waals surface area contributed by atoms with Crippen LogP contribution in [0.25, 0.3) is 0 Å². The van der Waals surface area contributed by atoms with Gasteiger partial charge in [-0.2, -0.15) is 0 Å². The molecule has 7 nitrogen and oxygen atoms in total. The molecule has 0 unspecified atom stereocenters. The van der Waals surface area contributed by atoms with Crippen molar-refractivity contribution in [3.05, 3.63) is 0 Å². The van der Waals surface area contributed by atoms with Crippen LogP contribution < -0.4 is 0 Å². The molecular formula is C15H28N2O5SSi. The summed E-state index contributed by atoms with van der Waals surface area (Å²) in [7, 11) is -0.453. The van der Waals surface area contributed by atoms with E-state index in [1.54, 1.807) is 0 Å². The van der Waals surface area contributed by atoms with Crippen molar-refractivity contribution in [2.24, 2.45) is 4.99 Å². The van der Waals surface area contributed by atoms with Gasteiger partial charge >= 0.3 is 6.09 Å². The van der Waals surface area contributed by atoms with Crippen LogP contribution in [-0.4, -0.2) is 72.0 Å². The third-order valence-corrected chi connectivity index (χ3v) is 10.8. The highest BCUT2D eigenvalue weighted by atomic mass is 32.2. The lowest BCUT2D eigenvalue weighted by molar-refractivity contribution is -0.109. The number of amides is 1. The zero-order valence-corrected chi connectivity index (χ0v) is 17.0. The number of carbonyl (C=O) groups is 1. The van der Waals surface area contributed by atoms with Crippen LogP contribution in [0, 0.1) is 0 Å². The van der Waals surface area contributed by atoms with E-state index in [1.165, 1.54) is 18.8 Å². The number of fused-ring (bicyclic) bond motifs is 1. The summed E-state index contributed by atoms with van der Waals surface area (Å²) < 4.78 is 12.1. The molecule has 4 atom stereocenters. The van der Waals surface area contributed by atoms with Crippen molar-refractivity contribution in [1.82, 2.24) is 4.90 Å². The zero-order valence-electron chi connectivity index (χ0n) is 15.1. The zero-order chi connectivity index (χ0) is 18.3. The van der Waals surface area contributed by atoms with Crippen molar-refractivity contribution in [2.75, 3.05) is 13.7 Å². The van der Waals surface area contributed by atoms with E-state index in [2.05, 4.69) is 38.9 Å². The highest BCUT2D eigenvalue weighted by Gasteiger charge is 2.44. The number of aliphatic imine (C=N–C) groups is 1. The monoisotopic (exact) mass is 376 g/mol. The van der Waals surface area contributed by atoms with Gasteiger partial charge in [-0.1, -0.05) is 32.5 Å². The molecule has 1 amide bonds. The Morgan fingerprint density at radius 2 is 2.12 bits per heavy atom. The summed E-state index contributed by atoms with van der Waals surface area (Å²) >= 11 is 1.29. The fourth-order valence-corrected chi connectivity index (χ4v) is 4.45. The lowest BCUT2D eigenvalue weighted by Gasteiger charge is -2.40. The molecule has 1 saturated heterocycles. The van der Waals surface area contributed by atoms with Crippen LogP contribution in [0.15, 0.2) is 4.99 Å². The lowest BCUT2D eigenvalue weighted by Crippen LogP contribution is -2.49. The molecule has 24 heavy (non-hydrogen) atoms. The highest BCUT2D eigenvalue weighted by molar-refractivity contribution is 8.14. The molecule has 0 aliphatic carbocycles. The lowest BCUT2D eigenvalue weighted by atomic mass is 10.0. The Labute approximate surface area is 148 Å². The second-order valence-electron chi connectivity index (χ2n) is 7.86. The van der Waals surface area contributed by atoms with Gasteiger partial charge in [0.05, 0.1) is 18.8 Å². The minimum atomic E-state index is -1.91. The van der Waals surface area contributed by atoms with Gasteiger partial charge in [-0.25, -0.2) is 4.79 Å². The number of rotatable bonds is 3. The van der Waals surface area contributed by atoms with Gasteiger partial charge in [0.2, 0.25) is 0 Å². The Bertz CT molecular complexity index is 522. The van der Waals surface area contributed by atoms with Gasteiger partial charge in [0, 0.05) is 13.5 Å². The molecule has 0 bridgehead atoms. The Balaban J connectivity index is 1.96. The van der Waals surface area contributed by atoms with Crippen LogP contribution in [0.3, 0.4) is 0 Å². The van der Waals surface area contributed by atoms with E-state index >= 15 is 0 Å². The molecule has 2 aliphatic rings. The van der Waals surface area contributed by atoms with Crippen LogP contribution in [0.4, 0.5) is 4.79 Å². The molecule has 138 valence electrons. The van der Waals surface area contributed by atoms with Crippen LogP contribution in [0.2, 0.25) is 18.1 Å². The van der Waals surface area contributed by atoms with Crippen molar-refractivity contribution in [1.29, 1.82) is 0 Å². The molecule has 2 rings (SSSR count). The van der Waals surface area contributed by atoms with Crippen LogP contribution >= 0.6 is 11.8 Å². The Hall–Kier alpha value is -0.613. The quantitative estimate of drug-likeness (QED) is 0.736. The Morgan fingerprint density at radius 3 is 2.67 bits per heavy atom. The first-order valence-electron chi connectivity index (χ1n) is 8.11. The second kappa shape index (κ2) is 6.95. The number of hydrogen-bond acceptors (Lipinski definition) is 6. The molecule has 0 aromatic carbocycles.